The summed E-state index contributed by atoms with van der Waals surface area (Å²) in [5.41, 5.74) is 2.39. The largest absolute Gasteiger partial charge is 0.361 e. The van der Waals surface area contributed by atoms with E-state index in [1.54, 1.807) is 0 Å². The number of hydrogen-bond donors (Lipinski definition) is 1. The minimum atomic E-state index is 0.883. The van der Waals surface area contributed by atoms with Crippen LogP contribution >= 0.6 is 31.9 Å². The highest BCUT2D eigenvalue weighted by atomic mass is 79.9. The van der Waals surface area contributed by atoms with Gasteiger partial charge in [0.05, 0.1) is 0 Å². The maximum absolute atomic E-state index is 3.47. The van der Waals surface area contributed by atoms with Crippen molar-refractivity contribution in [2.45, 2.75) is 0 Å². The molecule has 0 saturated carbocycles. The average Bonchev–Trinajstić information content (AvgIpc) is 2.57. The summed E-state index contributed by atoms with van der Waals surface area (Å²) in [6, 6.07) is 6.24. The molecule has 0 radical (unpaired) electrons. The van der Waals surface area contributed by atoms with Gasteiger partial charge >= 0.3 is 0 Å². The maximum atomic E-state index is 3.47. The molecule has 0 aliphatic heterocycles. The molecule has 1 nitrogen and oxygen atoms in total. The van der Waals surface area contributed by atoms with Crippen molar-refractivity contribution in [3.63, 3.8) is 0 Å². The van der Waals surface area contributed by atoms with E-state index in [1.165, 1.54) is 16.5 Å². The third-order valence-electron chi connectivity index (χ3n) is 2.06. The van der Waals surface area contributed by atoms with Crippen LogP contribution in [0.25, 0.3) is 17.0 Å². The van der Waals surface area contributed by atoms with Crippen LogP contribution in [0.5, 0.6) is 0 Å². The first kappa shape index (κ1) is 9.99. The van der Waals surface area contributed by atoms with Gasteiger partial charge in [0.15, 0.2) is 0 Å². The molecule has 14 heavy (non-hydrogen) atoms. The second-order valence-corrected chi connectivity index (χ2v) is 4.55. The molecule has 0 unspecified atom stereocenters. The van der Waals surface area contributed by atoms with Crippen LogP contribution < -0.4 is 0 Å². The Morgan fingerprint density at radius 1 is 1.36 bits per heavy atom. The van der Waals surface area contributed by atoms with E-state index in [0.29, 0.717) is 0 Å². The molecule has 3 heteroatoms. The van der Waals surface area contributed by atoms with Crippen molar-refractivity contribution in [3.05, 3.63) is 40.5 Å². The molecule has 0 saturated heterocycles. The third kappa shape index (κ3) is 1.93. The van der Waals surface area contributed by atoms with Crippen LogP contribution in [0.4, 0.5) is 0 Å². The van der Waals surface area contributed by atoms with E-state index in [2.05, 4.69) is 61.1 Å². The van der Waals surface area contributed by atoms with Crippen molar-refractivity contribution in [2.75, 3.05) is 5.33 Å². The van der Waals surface area contributed by atoms with Gasteiger partial charge in [-0.05, 0) is 23.8 Å². The van der Waals surface area contributed by atoms with Crippen molar-refractivity contribution in [2.24, 2.45) is 0 Å². The molecule has 2 rings (SSSR count). The number of halogens is 2. The zero-order valence-corrected chi connectivity index (χ0v) is 10.6. The van der Waals surface area contributed by atoms with Gasteiger partial charge in [0.2, 0.25) is 0 Å². The first-order valence-electron chi connectivity index (χ1n) is 4.30. The normalized spacial score (nSPS) is 11.6. The lowest BCUT2D eigenvalue weighted by Crippen LogP contribution is -1.70. The first-order valence-corrected chi connectivity index (χ1v) is 6.22. The van der Waals surface area contributed by atoms with E-state index < -0.39 is 0 Å². The van der Waals surface area contributed by atoms with E-state index in [9.17, 15) is 0 Å². The Kier molecular flexibility index (Phi) is 3.08. The van der Waals surface area contributed by atoms with Crippen LogP contribution in [0.15, 0.2) is 34.9 Å². The smallest absolute Gasteiger partial charge is 0.0460 e. The molecule has 0 aliphatic carbocycles. The zero-order valence-electron chi connectivity index (χ0n) is 7.43. The Morgan fingerprint density at radius 3 is 3.00 bits per heavy atom. The molecule has 2 aromatic rings. The van der Waals surface area contributed by atoms with Crippen LogP contribution in [-0.2, 0) is 0 Å². The lowest BCUT2D eigenvalue weighted by Gasteiger charge is -1.93. The van der Waals surface area contributed by atoms with Gasteiger partial charge in [-0.1, -0.05) is 44.0 Å². The number of aromatic nitrogens is 1. The minimum absolute atomic E-state index is 0.883. The SMILES string of the molecule is BrCC=Cc1c[nH]c2ccc(Br)cc12. The fraction of sp³-hybridized carbons (Fsp3) is 0.0909. The quantitative estimate of drug-likeness (QED) is 0.794. The van der Waals surface area contributed by atoms with Gasteiger partial charge in [0.1, 0.15) is 0 Å². The molecule has 0 fully saturated rings. The van der Waals surface area contributed by atoms with Crippen LogP contribution in [0, 0.1) is 0 Å². The summed E-state index contributed by atoms with van der Waals surface area (Å²) < 4.78 is 1.11. The van der Waals surface area contributed by atoms with Crippen molar-refractivity contribution in [3.8, 4) is 0 Å². The van der Waals surface area contributed by atoms with Crippen molar-refractivity contribution < 1.29 is 0 Å². The van der Waals surface area contributed by atoms with E-state index in [1.807, 2.05) is 12.3 Å². The average molecular weight is 315 g/mol. The number of hydrogen-bond acceptors (Lipinski definition) is 0. The zero-order chi connectivity index (χ0) is 9.97. The second-order valence-electron chi connectivity index (χ2n) is 2.99. The molecule has 0 amide bonds. The first-order chi connectivity index (χ1) is 6.81. The summed E-state index contributed by atoms with van der Waals surface area (Å²) >= 11 is 6.84. The number of aromatic amines is 1. The van der Waals surface area contributed by atoms with Crippen molar-refractivity contribution in [1.29, 1.82) is 0 Å². The fourth-order valence-corrected chi connectivity index (χ4v) is 1.97. The number of H-pyrrole nitrogens is 1. The Hall–Kier alpha value is -0.540. The van der Waals surface area contributed by atoms with Gasteiger partial charge in [-0.2, -0.15) is 0 Å². The van der Waals surface area contributed by atoms with Crippen molar-refractivity contribution in [1.82, 2.24) is 4.98 Å². The second kappa shape index (κ2) is 4.32. The van der Waals surface area contributed by atoms with Gasteiger partial charge in [0.25, 0.3) is 0 Å². The topological polar surface area (TPSA) is 15.8 Å². The Morgan fingerprint density at radius 2 is 2.21 bits per heavy atom. The van der Waals surface area contributed by atoms with E-state index in [-0.39, 0.29) is 0 Å². The Labute approximate surface area is 99.5 Å². The molecular weight excluding hydrogens is 306 g/mol. The molecule has 1 aromatic heterocycles. The number of rotatable bonds is 2. The standard InChI is InChI=1S/C11H9Br2N/c12-5-1-2-8-7-14-11-4-3-9(13)6-10(8)11/h1-4,6-7,14H,5H2. The van der Waals surface area contributed by atoms with E-state index in [0.717, 1.165) is 9.80 Å². The number of benzene rings is 1. The lowest BCUT2D eigenvalue weighted by atomic mass is 10.2. The molecular formula is C11H9Br2N. The summed E-state index contributed by atoms with van der Waals surface area (Å²) in [5.74, 6) is 0. The van der Waals surface area contributed by atoms with Gasteiger partial charge < -0.3 is 4.98 Å². The molecule has 0 atom stereocenters. The predicted octanol–water partition coefficient (Wildman–Crippen LogP) is 4.34. The highest BCUT2D eigenvalue weighted by Crippen LogP contribution is 2.23. The number of fused-ring (bicyclic) bond motifs is 1. The van der Waals surface area contributed by atoms with Crippen LogP contribution in [0.2, 0.25) is 0 Å². The highest BCUT2D eigenvalue weighted by molar-refractivity contribution is 9.10. The number of nitrogens with one attached hydrogen (secondary N) is 1. The molecule has 0 spiro atoms. The number of allylic oxidation sites excluding steroid dienone is 1. The number of alkyl halides is 1. The molecule has 1 aromatic carbocycles. The Bertz CT molecular complexity index is 471. The molecule has 0 aliphatic rings. The van der Waals surface area contributed by atoms with Crippen LogP contribution in [0.3, 0.4) is 0 Å². The fourth-order valence-electron chi connectivity index (χ4n) is 1.42. The summed E-state index contributed by atoms with van der Waals surface area (Å²) in [5, 5.41) is 2.13. The van der Waals surface area contributed by atoms with Crippen molar-refractivity contribution >= 4 is 48.8 Å². The highest BCUT2D eigenvalue weighted by Gasteiger charge is 2.00. The summed E-state index contributed by atoms with van der Waals surface area (Å²) in [6.45, 7) is 0. The summed E-state index contributed by atoms with van der Waals surface area (Å²) in [7, 11) is 0. The molecule has 1 N–H and O–H groups in total. The third-order valence-corrected chi connectivity index (χ3v) is 2.93. The minimum Gasteiger partial charge on any atom is -0.361 e. The predicted molar refractivity (Wildman–Crippen MR) is 68.8 cm³/mol. The molecule has 0 bridgehead atoms. The molecule has 1 heterocycles. The Balaban J connectivity index is 2.55. The monoisotopic (exact) mass is 313 g/mol. The van der Waals surface area contributed by atoms with E-state index >= 15 is 0 Å². The van der Waals surface area contributed by atoms with E-state index in [4.69, 9.17) is 0 Å². The maximum Gasteiger partial charge on any atom is 0.0460 e. The van der Waals surface area contributed by atoms with Gasteiger partial charge in [-0.3, -0.25) is 0 Å². The van der Waals surface area contributed by atoms with Crippen LogP contribution in [0.1, 0.15) is 5.56 Å². The summed E-state index contributed by atoms with van der Waals surface area (Å²) in [4.78, 5) is 3.24. The van der Waals surface area contributed by atoms with Gasteiger partial charge in [-0.15, -0.1) is 0 Å². The van der Waals surface area contributed by atoms with Gasteiger partial charge in [0, 0.05) is 26.9 Å². The van der Waals surface area contributed by atoms with Crippen LogP contribution in [-0.4, -0.2) is 10.3 Å². The summed E-state index contributed by atoms with van der Waals surface area (Å²) in [6.07, 6.45) is 6.22. The van der Waals surface area contributed by atoms with Gasteiger partial charge in [-0.25, -0.2) is 0 Å². The molecule has 72 valence electrons. The lowest BCUT2D eigenvalue weighted by molar-refractivity contribution is 1.47.